The van der Waals surface area contributed by atoms with Crippen LogP contribution in [0.2, 0.25) is 0 Å². The highest BCUT2D eigenvalue weighted by atomic mass is 127. The number of carbonyl (C=O) groups excluding carboxylic acids is 1. The van der Waals surface area contributed by atoms with E-state index < -0.39 is 6.61 Å². The molecule has 1 aromatic carbocycles. The summed E-state index contributed by atoms with van der Waals surface area (Å²) in [5.41, 5.74) is 0.512. The summed E-state index contributed by atoms with van der Waals surface area (Å²) in [6.45, 7) is -1.72. The van der Waals surface area contributed by atoms with Crippen LogP contribution in [0.15, 0.2) is 23.2 Å². The Kier molecular flexibility index (Phi) is 12.4. The van der Waals surface area contributed by atoms with Gasteiger partial charge in [-0.2, -0.15) is 8.78 Å². The maximum atomic E-state index is 12.6. The molecule has 0 atom stereocenters. The third-order valence-corrected chi connectivity index (χ3v) is 4.84. The molecule has 1 aliphatic carbocycles. The molecule has 0 unspecified atom stereocenters. The van der Waals surface area contributed by atoms with Gasteiger partial charge in [-0.3, -0.25) is 9.79 Å². The number of nitrogens with one attached hydrogen (secondary N) is 3. The minimum atomic E-state index is -2.91. The number of hydrogen-bond acceptors (Lipinski definition) is 4. The summed E-state index contributed by atoms with van der Waals surface area (Å²) in [5, 5.41) is 9.03. The van der Waals surface area contributed by atoms with Gasteiger partial charge in [-0.05, 0) is 37.0 Å². The number of benzene rings is 1. The maximum Gasteiger partial charge on any atom is 0.387 e. The van der Waals surface area contributed by atoms with E-state index in [4.69, 9.17) is 4.74 Å². The molecule has 1 amide bonds. The zero-order valence-electron chi connectivity index (χ0n) is 17.4. The minimum Gasteiger partial charge on any atom is -0.497 e. The van der Waals surface area contributed by atoms with Crippen molar-refractivity contribution in [2.45, 2.75) is 45.3 Å². The lowest BCUT2D eigenvalue weighted by Crippen LogP contribution is -2.41. The highest BCUT2D eigenvalue weighted by Gasteiger charge is 2.18. The molecular formula is C20H31F2IN4O3. The number of methoxy groups -OCH3 is 1. The normalized spacial score (nSPS) is 14.2. The first kappa shape index (κ1) is 26.2. The molecule has 1 saturated carbocycles. The zero-order valence-corrected chi connectivity index (χ0v) is 19.7. The Morgan fingerprint density at radius 3 is 2.53 bits per heavy atom. The van der Waals surface area contributed by atoms with Crippen LogP contribution < -0.4 is 25.4 Å². The Labute approximate surface area is 193 Å². The van der Waals surface area contributed by atoms with Crippen molar-refractivity contribution in [3.8, 4) is 11.5 Å². The van der Waals surface area contributed by atoms with Crippen LogP contribution in [-0.4, -0.2) is 45.7 Å². The lowest BCUT2D eigenvalue weighted by molar-refractivity contribution is -0.121. The fourth-order valence-electron chi connectivity index (χ4n) is 3.36. The second-order valence-electron chi connectivity index (χ2n) is 6.91. The smallest absolute Gasteiger partial charge is 0.387 e. The van der Waals surface area contributed by atoms with E-state index in [-0.39, 0.29) is 42.2 Å². The average Bonchev–Trinajstić information content (AvgIpc) is 3.20. The molecule has 3 N–H and O–H groups in total. The third kappa shape index (κ3) is 9.31. The van der Waals surface area contributed by atoms with Gasteiger partial charge in [-0.1, -0.05) is 12.8 Å². The van der Waals surface area contributed by atoms with Crippen LogP contribution in [0.3, 0.4) is 0 Å². The number of guanidine groups is 1. The predicted octanol–water partition coefficient (Wildman–Crippen LogP) is 3.28. The fraction of sp³-hybridized carbons (Fsp3) is 0.600. The number of halogens is 3. The van der Waals surface area contributed by atoms with Crippen molar-refractivity contribution in [3.05, 3.63) is 23.8 Å². The number of ether oxygens (including phenoxy) is 2. The highest BCUT2D eigenvalue weighted by molar-refractivity contribution is 14.0. The number of carbonyl (C=O) groups is 1. The van der Waals surface area contributed by atoms with E-state index in [9.17, 15) is 13.6 Å². The summed E-state index contributed by atoms with van der Waals surface area (Å²) in [6, 6.07) is 4.63. The number of alkyl halides is 2. The monoisotopic (exact) mass is 540 g/mol. The summed E-state index contributed by atoms with van der Waals surface area (Å²) in [7, 11) is 3.11. The first-order valence-electron chi connectivity index (χ1n) is 9.84. The molecule has 30 heavy (non-hydrogen) atoms. The highest BCUT2D eigenvalue weighted by Crippen LogP contribution is 2.27. The van der Waals surface area contributed by atoms with E-state index in [0.29, 0.717) is 42.7 Å². The molecule has 2 rings (SSSR count). The van der Waals surface area contributed by atoms with Crippen LogP contribution in [0.25, 0.3) is 0 Å². The number of amides is 1. The van der Waals surface area contributed by atoms with Gasteiger partial charge in [0.25, 0.3) is 0 Å². The Hall–Kier alpha value is -1.85. The van der Waals surface area contributed by atoms with Gasteiger partial charge in [0.2, 0.25) is 5.91 Å². The Balaban J connectivity index is 0.00000450. The van der Waals surface area contributed by atoms with Gasteiger partial charge in [-0.15, -0.1) is 24.0 Å². The standard InChI is InChI=1S/C20H30F2N4O3.HI/c1-23-20(25-10-9-24-18(27)11-14-5-3-4-6-14)26-13-15-12-16(28-2)7-8-17(15)29-19(21)22;/h7-8,12,14,19H,3-6,9-11,13H2,1-2H3,(H,24,27)(H2,23,25,26);1H. The Morgan fingerprint density at radius 2 is 1.90 bits per heavy atom. The van der Waals surface area contributed by atoms with E-state index in [1.807, 2.05) is 0 Å². The van der Waals surface area contributed by atoms with E-state index in [2.05, 4.69) is 25.7 Å². The van der Waals surface area contributed by atoms with Gasteiger partial charge in [0.1, 0.15) is 11.5 Å². The second-order valence-corrected chi connectivity index (χ2v) is 6.91. The van der Waals surface area contributed by atoms with Crippen molar-refractivity contribution in [1.82, 2.24) is 16.0 Å². The van der Waals surface area contributed by atoms with Crippen molar-refractivity contribution in [3.63, 3.8) is 0 Å². The van der Waals surface area contributed by atoms with Crippen molar-refractivity contribution in [1.29, 1.82) is 0 Å². The fourth-order valence-corrected chi connectivity index (χ4v) is 3.36. The van der Waals surface area contributed by atoms with Crippen LogP contribution in [0.1, 0.15) is 37.7 Å². The molecule has 0 aliphatic heterocycles. The van der Waals surface area contributed by atoms with Crippen LogP contribution >= 0.6 is 24.0 Å². The lowest BCUT2D eigenvalue weighted by Gasteiger charge is -2.16. The molecule has 1 aliphatic rings. The number of aliphatic imine (C=N–C) groups is 1. The molecule has 0 saturated heterocycles. The van der Waals surface area contributed by atoms with E-state index in [0.717, 1.165) is 12.8 Å². The zero-order chi connectivity index (χ0) is 21.1. The SMILES string of the molecule is CN=C(NCCNC(=O)CC1CCCC1)NCc1cc(OC)ccc1OC(F)F.I. The molecule has 0 heterocycles. The van der Waals surface area contributed by atoms with Gasteiger partial charge >= 0.3 is 6.61 Å². The minimum absolute atomic E-state index is 0. The third-order valence-electron chi connectivity index (χ3n) is 4.84. The van der Waals surface area contributed by atoms with Crippen LogP contribution in [-0.2, 0) is 11.3 Å². The number of rotatable bonds is 10. The molecule has 10 heteroatoms. The summed E-state index contributed by atoms with van der Waals surface area (Å²) in [4.78, 5) is 16.0. The van der Waals surface area contributed by atoms with Crippen molar-refractivity contribution in [2.75, 3.05) is 27.2 Å². The van der Waals surface area contributed by atoms with Crippen LogP contribution in [0.4, 0.5) is 8.78 Å². The molecule has 7 nitrogen and oxygen atoms in total. The lowest BCUT2D eigenvalue weighted by atomic mass is 10.0. The molecule has 1 aromatic rings. The molecule has 170 valence electrons. The molecule has 0 radical (unpaired) electrons. The van der Waals surface area contributed by atoms with Crippen molar-refractivity contribution in [2.24, 2.45) is 10.9 Å². The summed E-state index contributed by atoms with van der Waals surface area (Å²) >= 11 is 0. The predicted molar refractivity (Wildman–Crippen MR) is 123 cm³/mol. The van der Waals surface area contributed by atoms with Gasteiger partial charge in [-0.25, -0.2) is 0 Å². The molecule has 1 fully saturated rings. The van der Waals surface area contributed by atoms with Gasteiger partial charge in [0.05, 0.1) is 7.11 Å². The van der Waals surface area contributed by atoms with Crippen molar-refractivity contribution >= 4 is 35.8 Å². The first-order chi connectivity index (χ1) is 14.0. The van der Waals surface area contributed by atoms with Crippen molar-refractivity contribution < 1.29 is 23.0 Å². The molecule has 0 aromatic heterocycles. The van der Waals surface area contributed by atoms with Gasteiger partial charge in [0.15, 0.2) is 5.96 Å². The molecular weight excluding hydrogens is 509 g/mol. The maximum absolute atomic E-state index is 12.6. The second kappa shape index (κ2) is 14.2. The number of nitrogens with zero attached hydrogens (tertiary/aromatic N) is 1. The largest absolute Gasteiger partial charge is 0.497 e. The summed E-state index contributed by atoms with van der Waals surface area (Å²) < 4.78 is 34.9. The summed E-state index contributed by atoms with van der Waals surface area (Å²) in [5.74, 6) is 1.69. The number of hydrogen-bond donors (Lipinski definition) is 3. The van der Waals surface area contributed by atoms with Crippen LogP contribution in [0.5, 0.6) is 11.5 Å². The average molecular weight is 540 g/mol. The van der Waals surface area contributed by atoms with Crippen LogP contribution in [0, 0.1) is 5.92 Å². The Morgan fingerprint density at radius 1 is 1.20 bits per heavy atom. The van der Waals surface area contributed by atoms with Gasteiger partial charge in [0, 0.05) is 38.7 Å². The van der Waals surface area contributed by atoms with Gasteiger partial charge < -0.3 is 25.4 Å². The first-order valence-corrected chi connectivity index (χ1v) is 9.84. The van der Waals surface area contributed by atoms with E-state index >= 15 is 0 Å². The summed E-state index contributed by atoms with van der Waals surface area (Å²) in [6.07, 6.45) is 5.32. The quantitative estimate of drug-likeness (QED) is 0.184. The van der Waals surface area contributed by atoms with E-state index in [1.165, 1.54) is 26.0 Å². The van der Waals surface area contributed by atoms with E-state index in [1.54, 1.807) is 19.2 Å². The molecule has 0 spiro atoms. The molecule has 0 bridgehead atoms. The Bertz CT molecular complexity index is 686. The topological polar surface area (TPSA) is 84.0 Å².